The van der Waals surface area contributed by atoms with Crippen molar-refractivity contribution in [2.45, 2.75) is 180 Å². The summed E-state index contributed by atoms with van der Waals surface area (Å²) >= 11 is 6.70. The summed E-state index contributed by atoms with van der Waals surface area (Å²) in [7, 11) is 0. The van der Waals surface area contributed by atoms with E-state index in [9.17, 15) is 38.4 Å². The number of benzene rings is 4. The van der Waals surface area contributed by atoms with Crippen molar-refractivity contribution >= 4 is 115 Å². The Labute approximate surface area is 733 Å². The maximum Gasteiger partial charge on any atom is 0.253 e. The van der Waals surface area contributed by atoms with Gasteiger partial charge in [-0.05, 0) is 162 Å². The van der Waals surface area contributed by atoms with Gasteiger partial charge in [0.15, 0.2) is 29.1 Å². The number of hydrogen-bond acceptors (Lipinski definition) is 24. The van der Waals surface area contributed by atoms with E-state index in [0.29, 0.717) is 41.4 Å². The maximum absolute atomic E-state index is 12.1. The zero-order valence-electron chi connectivity index (χ0n) is 71.4. The third-order valence-electron chi connectivity index (χ3n) is 22.2. The summed E-state index contributed by atoms with van der Waals surface area (Å²) in [5.41, 5.74) is 18.6. The number of fused-ring (bicyclic) bond motifs is 12. The summed E-state index contributed by atoms with van der Waals surface area (Å²) in [6.07, 6.45) is 20.2. The van der Waals surface area contributed by atoms with Gasteiger partial charge in [0.2, 0.25) is 5.78 Å². The molecule has 0 spiro atoms. The molecule has 29 heteroatoms. The molecule has 0 saturated heterocycles. The highest BCUT2D eigenvalue weighted by atomic mass is 32.1. The van der Waals surface area contributed by atoms with E-state index in [4.69, 9.17) is 39.2 Å². The summed E-state index contributed by atoms with van der Waals surface area (Å²) in [5, 5.41) is 38.7. The van der Waals surface area contributed by atoms with Gasteiger partial charge in [-0.15, -0.1) is 111 Å². The number of amides is 2. The van der Waals surface area contributed by atoms with E-state index in [1.807, 2.05) is 102 Å². The Morgan fingerprint density at radius 3 is 0.903 bits per heavy atom. The second-order valence-corrected chi connectivity index (χ2v) is 35.8. The highest BCUT2D eigenvalue weighted by Gasteiger charge is 2.38. The van der Waals surface area contributed by atoms with Gasteiger partial charge in [0.25, 0.3) is 11.8 Å². The van der Waals surface area contributed by atoms with Crippen molar-refractivity contribution in [1.29, 1.82) is 0 Å². The van der Waals surface area contributed by atoms with Crippen LogP contribution in [0.2, 0.25) is 0 Å². The first-order valence-electron chi connectivity index (χ1n) is 40.0. The Morgan fingerprint density at radius 2 is 0.637 bits per heavy atom. The van der Waals surface area contributed by atoms with Gasteiger partial charge in [0.1, 0.15) is 90.6 Å². The summed E-state index contributed by atoms with van der Waals surface area (Å²) in [5.74, 6) is 12.1. The molecule has 2 amide bonds. The number of imide groups is 1. The molecule has 0 bridgehead atoms. The average molecular weight is 1720 g/mol. The van der Waals surface area contributed by atoms with Crippen LogP contribution in [0.1, 0.15) is 249 Å². The molecule has 5 aliphatic heterocycles. The minimum atomic E-state index is -0.446. The van der Waals surface area contributed by atoms with Crippen LogP contribution in [0, 0.1) is 120 Å². The zero-order chi connectivity index (χ0) is 88.7. The number of hydrogen-bond donors (Lipinski definition) is 0. The van der Waals surface area contributed by atoms with Gasteiger partial charge in [-0.1, -0.05) is 90.8 Å². The topological polar surface area (TPSA) is 312 Å². The van der Waals surface area contributed by atoms with Crippen LogP contribution in [0.5, 0.6) is 0 Å². The number of aryl methyl sites for hydroxylation is 8. The quantitative estimate of drug-likeness (QED) is 0.0333. The molecule has 17 rings (SSSR count). The summed E-state index contributed by atoms with van der Waals surface area (Å²) in [6, 6.07) is 28.7. The molecule has 8 aromatic heterocycles. The van der Waals surface area contributed by atoms with E-state index < -0.39 is 18.1 Å². The van der Waals surface area contributed by atoms with Gasteiger partial charge in [0.05, 0.1) is 35.8 Å². The van der Waals surface area contributed by atoms with Gasteiger partial charge >= 0.3 is 0 Å². The van der Waals surface area contributed by atoms with E-state index in [-0.39, 0.29) is 84.8 Å². The van der Waals surface area contributed by atoms with Crippen LogP contribution >= 0.6 is 45.3 Å². The van der Waals surface area contributed by atoms with E-state index in [1.165, 1.54) is 42.1 Å². The predicted octanol–water partition coefficient (Wildman–Crippen LogP) is 16.1. The Kier molecular flexibility index (Phi) is 25.1. The molecular weight excluding hydrogens is 1640 g/mol. The lowest BCUT2D eigenvalue weighted by Crippen LogP contribution is -2.29. The first-order chi connectivity index (χ1) is 59.3. The van der Waals surface area contributed by atoms with Crippen LogP contribution in [0.25, 0.3) is 20.0 Å². The van der Waals surface area contributed by atoms with Crippen molar-refractivity contribution in [2.24, 2.45) is 20.0 Å². The van der Waals surface area contributed by atoms with E-state index in [2.05, 4.69) is 131 Å². The number of ketones is 6. The number of rotatable bonds is 18. The molecular formula is C95H87N17O8S4. The van der Waals surface area contributed by atoms with Crippen molar-refractivity contribution in [3.8, 4) is 57.0 Å². The normalized spacial score (nSPS) is 15.5. The lowest BCUT2D eigenvalue weighted by molar-refractivity contribution is -0.137. The van der Waals surface area contributed by atoms with Crippen LogP contribution in [0.4, 0.5) is 0 Å². The van der Waals surface area contributed by atoms with Gasteiger partial charge in [0, 0.05) is 119 Å². The molecule has 0 fully saturated rings. The predicted molar refractivity (Wildman–Crippen MR) is 482 cm³/mol. The Balaban J connectivity index is 0.000000135. The Morgan fingerprint density at radius 1 is 0.363 bits per heavy atom. The molecule has 25 nitrogen and oxygen atoms in total. The highest BCUT2D eigenvalue weighted by molar-refractivity contribution is 7.16. The molecule has 13 heterocycles. The second kappa shape index (κ2) is 35.9. The maximum atomic E-state index is 12.1. The van der Waals surface area contributed by atoms with E-state index in [0.717, 1.165) is 144 Å². The van der Waals surface area contributed by atoms with Crippen LogP contribution < -0.4 is 0 Å². The molecule has 624 valence electrons. The Bertz CT molecular complexity index is 6700. The van der Waals surface area contributed by atoms with Crippen LogP contribution in [-0.2, 0) is 41.7 Å². The van der Waals surface area contributed by atoms with E-state index >= 15 is 0 Å². The molecule has 0 aliphatic carbocycles. The average Bonchev–Trinajstić information content (AvgIpc) is 1.61. The number of thiophene rings is 4. The molecule has 0 N–H and O–H groups in total. The van der Waals surface area contributed by atoms with Gasteiger partial charge in [-0.2, -0.15) is 0 Å². The zero-order valence-corrected chi connectivity index (χ0v) is 74.7. The summed E-state index contributed by atoms with van der Waals surface area (Å²) in [6.45, 7) is 30.9. The lowest BCUT2D eigenvalue weighted by atomic mass is 9.97. The number of carbonyl (C=O) groups excluding carboxylic acids is 8. The third kappa shape index (κ3) is 17.0. The van der Waals surface area contributed by atoms with Gasteiger partial charge in [-0.25, -0.2) is 0 Å². The van der Waals surface area contributed by atoms with Crippen LogP contribution in [0.3, 0.4) is 0 Å². The highest BCUT2D eigenvalue weighted by Crippen LogP contribution is 2.45. The van der Waals surface area contributed by atoms with Gasteiger partial charge < -0.3 is 0 Å². The minimum Gasteiger partial charge on any atom is -0.300 e. The van der Waals surface area contributed by atoms with Crippen molar-refractivity contribution in [2.75, 3.05) is 0 Å². The minimum absolute atomic E-state index is 0.0300. The molecule has 5 aliphatic rings. The molecule has 12 aromatic rings. The summed E-state index contributed by atoms with van der Waals surface area (Å²) < 4.78 is 8.13. The number of Topliss-reactive ketones (excluding diaryl/α,β-unsaturated/α-hetero) is 6. The van der Waals surface area contributed by atoms with Crippen LogP contribution in [0.15, 0.2) is 129 Å². The van der Waals surface area contributed by atoms with Crippen molar-refractivity contribution in [1.82, 2.24) is 64.0 Å². The smallest absolute Gasteiger partial charge is 0.253 e. The fourth-order valence-electron chi connectivity index (χ4n) is 15.5. The molecule has 124 heavy (non-hydrogen) atoms. The molecule has 4 atom stereocenters. The summed E-state index contributed by atoms with van der Waals surface area (Å²) in [4.78, 5) is 122. The number of aliphatic imine (C=N–C) groups is 4. The van der Waals surface area contributed by atoms with E-state index in [1.54, 1.807) is 97.3 Å². The lowest BCUT2D eigenvalue weighted by Gasteiger charge is -2.15. The molecule has 0 saturated carbocycles. The number of carbonyl (C=O) groups is 8. The second-order valence-electron chi connectivity index (χ2n) is 31.0. The molecule has 0 unspecified atom stereocenters. The van der Waals surface area contributed by atoms with Crippen molar-refractivity contribution < 1.29 is 38.4 Å². The van der Waals surface area contributed by atoms with Crippen molar-refractivity contribution in [3.63, 3.8) is 0 Å². The van der Waals surface area contributed by atoms with Crippen molar-refractivity contribution in [3.05, 3.63) is 264 Å². The first kappa shape index (κ1) is 86.9. The number of terminal acetylenes is 3. The Hall–Kier alpha value is -13.5. The number of aromatic nitrogens is 12. The fourth-order valence-corrected chi connectivity index (χ4v) is 20.4. The van der Waals surface area contributed by atoms with Gasteiger partial charge in [-0.3, -0.25) is 81.5 Å². The fraction of sp³-hybridized carbons (Fsp3) is 0.284. The van der Waals surface area contributed by atoms with Crippen LogP contribution in [-0.4, -0.2) is 133 Å². The number of nitrogens with zero attached hydrogens (tertiary/aromatic N) is 17. The molecule has 0 radical (unpaired) electrons. The monoisotopic (exact) mass is 1720 g/mol. The largest absolute Gasteiger partial charge is 0.300 e. The standard InChI is InChI=1S/C25H23N5O3S.C24H22N4O2S.C23H20N4O2S.C23H22N4OS/c1-13(31)11-19-24-28-27-16(4)30(24)25-22(14(2)15(3)34-25)23(26-19)18-7-5-17(6-8-18)12-29-20(32)9-10-21(29)33;1-6-7-20(30)17-8-10-18(11-9-17)22-21-14(3)15(4)31-24(21)28-16(5)26-27-23(28)19(25-22)12-13(2)29;1-6-19(29)16-7-9-17(10-8-16)21-20-13(3)14(4)30-23(20)27-15(5)25-26-22(27)18(24-21)11-12(2)28;1-6-7-17-8-10-18(11-9-17)21-20-14(3)15(4)29-23(20)27-16(5)25-26-22(27)19(24-21)12-13(2)28/h5-10,19H,11-12H2,1-4H3;1,8-11,19H,7,12H2,2-5H3;1,7-10,18H,11H2,2-5H3;1,8-11,19H,7,12H2,2-5H3/t2*19-;18-;19-/m0000/s1. The SMILES string of the molecule is C#CC(=O)c1ccc(C2=N[C@@H](CC(C)=O)c3nnc(C)n3-c3sc(C)c(C)c32)cc1.C#CCC(=O)c1ccc(C2=N[C@@H](CC(C)=O)c3nnc(C)n3-c3sc(C)c(C)c32)cc1.C#CCc1ccc(C2=N[C@@H](CC(C)=O)c3nnc(C)n3-c3sc(C)c(C)c32)cc1.CC(=O)C[C@@H]1N=C(c2ccc(CN3C(=O)C=CC3=O)cc2)c2c(sc(C)c2C)-n2c(C)nnc21. The molecule has 4 aromatic carbocycles. The third-order valence-corrected chi connectivity index (χ3v) is 26.9. The first-order valence-corrected chi connectivity index (χ1v) is 43.3.